The summed E-state index contributed by atoms with van der Waals surface area (Å²) in [7, 11) is 0. The zero-order chi connectivity index (χ0) is 33.8. The maximum atomic E-state index is 14.0. The predicted molar refractivity (Wildman–Crippen MR) is 185 cm³/mol. The Morgan fingerprint density at radius 3 is 2.28 bits per heavy atom. The molecule has 0 radical (unpaired) electrons. The van der Waals surface area contributed by atoms with Gasteiger partial charge in [0.05, 0.1) is 17.5 Å². The van der Waals surface area contributed by atoms with Gasteiger partial charge in [-0.25, -0.2) is 4.79 Å². The number of hydrogen-bond donors (Lipinski definition) is 3. The first-order valence-corrected chi connectivity index (χ1v) is 18.5. The van der Waals surface area contributed by atoms with Gasteiger partial charge < -0.3 is 15.5 Å². The third-order valence-electron chi connectivity index (χ3n) is 14.6. The van der Waals surface area contributed by atoms with Crippen LogP contribution in [-0.2, 0) is 9.59 Å². The van der Waals surface area contributed by atoms with Crippen molar-refractivity contribution in [1.29, 1.82) is 0 Å². The van der Waals surface area contributed by atoms with Gasteiger partial charge in [-0.1, -0.05) is 59.2 Å². The fourth-order valence-corrected chi connectivity index (χ4v) is 12.8. The van der Waals surface area contributed by atoms with Crippen LogP contribution < -0.4 is 5.32 Å². The Bertz CT molecular complexity index is 1400. The molecule has 0 aliphatic heterocycles. The summed E-state index contributed by atoms with van der Waals surface area (Å²) in [5.41, 5.74) is 3.10. The molecule has 1 aromatic carbocycles. The first kappa shape index (κ1) is 34.2. The van der Waals surface area contributed by atoms with Gasteiger partial charge in [0.15, 0.2) is 0 Å². The first-order chi connectivity index (χ1) is 22.3. The van der Waals surface area contributed by atoms with Crippen molar-refractivity contribution in [3.63, 3.8) is 0 Å². The van der Waals surface area contributed by atoms with Crippen LogP contribution in [0.3, 0.4) is 0 Å². The van der Waals surface area contributed by atoms with Gasteiger partial charge in [-0.3, -0.25) is 14.5 Å². The second-order valence-electron chi connectivity index (χ2n) is 17.0. The van der Waals surface area contributed by atoms with Crippen LogP contribution in [-0.4, -0.2) is 59.1 Å². The lowest BCUT2D eigenvalue weighted by Gasteiger charge is -2.68. The van der Waals surface area contributed by atoms with Gasteiger partial charge in [0, 0.05) is 13.1 Å². The first-order valence-electron chi connectivity index (χ1n) is 18.5. The van der Waals surface area contributed by atoms with Crippen molar-refractivity contribution < 1.29 is 24.6 Å². The van der Waals surface area contributed by atoms with Crippen LogP contribution in [0, 0.1) is 51.2 Å². The molecule has 7 nitrogen and oxygen atoms in total. The minimum atomic E-state index is -0.881. The highest BCUT2D eigenvalue weighted by molar-refractivity contribution is 5.88. The molecule has 1 amide bonds. The molecule has 8 atom stereocenters. The number of aromatic carboxylic acids is 1. The van der Waals surface area contributed by atoms with E-state index in [0.717, 1.165) is 57.1 Å². The summed E-state index contributed by atoms with van der Waals surface area (Å²) in [6, 6.07) is 7.49. The van der Waals surface area contributed by atoms with Crippen LogP contribution in [0.15, 0.2) is 30.3 Å². The average Bonchev–Trinajstić information content (AvgIpc) is 3.46. The molecular weight excluding hydrogens is 588 g/mol. The van der Waals surface area contributed by atoms with Crippen LogP contribution in [0.1, 0.15) is 121 Å². The Kier molecular flexibility index (Phi) is 9.21. The molecule has 8 unspecified atom stereocenters. The lowest BCUT2D eigenvalue weighted by atomic mass is 9.36. The van der Waals surface area contributed by atoms with E-state index in [1.54, 1.807) is 12.1 Å². The van der Waals surface area contributed by atoms with E-state index in [1.807, 2.05) is 17.0 Å². The number of rotatable bonds is 10. The number of carboxylic acids is 2. The molecule has 5 aliphatic carbocycles. The highest BCUT2D eigenvalue weighted by Gasteiger charge is 2.66. The Morgan fingerprint density at radius 2 is 1.60 bits per heavy atom. The Hall–Kier alpha value is -2.67. The number of hydrogen-bond acceptors (Lipinski definition) is 4. The van der Waals surface area contributed by atoms with Crippen LogP contribution >= 0.6 is 0 Å². The topological polar surface area (TPSA) is 107 Å². The third-order valence-corrected chi connectivity index (χ3v) is 14.6. The van der Waals surface area contributed by atoms with E-state index in [0.29, 0.717) is 48.2 Å². The fraction of sp³-hybridized carbons (Fsp3) is 0.725. The van der Waals surface area contributed by atoms with E-state index in [9.17, 15) is 24.6 Å². The molecule has 0 spiro atoms. The monoisotopic (exact) mass is 646 g/mol. The molecule has 258 valence electrons. The number of carboxylic acid groups (broad SMARTS) is 2. The lowest BCUT2D eigenvalue weighted by Crippen LogP contribution is -2.62. The van der Waals surface area contributed by atoms with Crippen molar-refractivity contribution >= 4 is 23.4 Å². The van der Waals surface area contributed by atoms with Gasteiger partial charge in [-0.2, -0.15) is 0 Å². The zero-order valence-electron chi connectivity index (χ0n) is 29.4. The molecule has 0 bridgehead atoms. The second-order valence-corrected chi connectivity index (χ2v) is 17.0. The summed E-state index contributed by atoms with van der Waals surface area (Å²) in [6.45, 7) is 14.0. The highest BCUT2D eigenvalue weighted by atomic mass is 16.4. The molecule has 4 saturated carbocycles. The Morgan fingerprint density at radius 1 is 0.851 bits per heavy atom. The average molecular weight is 647 g/mol. The lowest BCUT2D eigenvalue weighted by molar-refractivity contribution is -0.181. The SMILES string of the molecule is CCCN(CCNC(=O)C12CCCC1C1CCC3C(C)(CCC4C(C)(C)C(c5ccc(C(=O)O)cc5)=CCC43C)C1CC2)CC(=O)O. The maximum Gasteiger partial charge on any atom is 0.335 e. The van der Waals surface area contributed by atoms with E-state index < -0.39 is 11.9 Å². The molecule has 0 heterocycles. The van der Waals surface area contributed by atoms with Gasteiger partial charge >= 0.3 is 11.9 Å². The Balaban J connectivity index is 1.19. The summed E-state index contributed by atoms with van der Waals surface area (Å²) < 4.78 is 0. The van der Waals surface area contributed by atoms with Crippen molar-refractivity contribution in [3.05, 3.63) is 41.5 Å². The number of allylic oxidation sites excluding steroid dienone is 2. The van der Waals surface area contributed by atoms with Crippen LogP contribution in [0.5, 0.6) is 0 Å². The standard InChI is InChI=1S/C40H58N2O5/c1-6-23-42(25-34(43)44)24-22-41-36(47)40-18-7-8-31(40)28-13-14-33-38(4,30(28)16-21-40)20-17-32-37(2,3)29(15-19-39(32,33)5)26-9-11-27(12-10-26)35(45)46/h9-12,15,28,30-33H,6-8,13-14,16-25H2,1-5H3,(H,41,47)(H,43,44)(H,45,46). The largest absolute Gasteiger partial charge is 0.480 e. The van der Waals surface area contributed by atoms with Crippen LogP contribution in [0.4, 0.5) is 0 Å². The van der Waals surface area contributed by atoms with Gasteiger partial charge in [-0.05, 0) is 140 Å². The third kappa shape index (κ3) is 5.66. The summed E-state index contributed by atoms with van der Waals surface area (Å²) >= 11 is 0. The minimum Gasteiger partial charge on any atom is -0.480 e. The van der Waals surface area contributed by atoms with Gasteiger partial charge in [-0.15, -0.1) is 0 Å². The number of nitrogens with zero attached hydrogens (tertiary/aromatic N) is 1. The van der Waals surface area contributed by atoms with E-state index >= 15 is 0 Å². The van der Waals surface area contributed by atoms with Gasteiger partial charge in [0.1, 0.15) is 0 Å². The molecule has 0 saturated heterocycles. The highest BCUT2D eigenvalue weighted by Crippen LogP contribution is 2.73. The number of benzene rings is 1. The summed E-state index contributed by atoms with van der Waals surface area (Å²) in [5.74, 6) is 1.49. The second kappa shape index (κ2) is 12.7. The Labute approximate surface area is 282 Å². The maximum absolute atomic E-state index is 14.0. The summed E-state index contributed by atoms with van der Waals surface area (Å²) in [4.78, 5) is 38.8. The van der Waals surface area contributed by atoms with Crippen LogP contribution in [0.25, 0.3) is 5.57 Å². The molecule has 1 aromatic rings. The number of nitrogens with one attached hydrogen (secondary N) is 1. The molecule has 0 aromatic heterocycles. The van der Waals surface area contributed by atoms with Gasteiger partial charge in [0.2, 0.25) is 5.91 Å². The summed E-state index contributed by atoms with van der Waals surface area (Å²) in [6.07, 6.45) is 14.8. The minimum absolute atomic E-state index is 0.00163. The number of carbonyl (C=O) groups is 3. The molecule has 7 heteroatoms. The van der Waals surface area contributed by atoms with E-state index in [1.165, 1.54) is 31.3 Å². The number of aliphatic carboxylic acids is 1. The molecule has 5 aliphatic rings. The van der Waals surface area contributed by atoms with Crippen molar-refractivity contribution in [2.75, 3.05) is 26.2 Å². The van der Waals surface area contributed by atoms with Crippen molar-refractivity contribution in [1.82, 2.24) is 10.2 Å². The smallest absolute Gasteiger partial charge is 0.335 e. The number of carbonyl (C=O) groups excluding carboxylic acids is 1. The van der Waals surface area contributed by atoms with E-state index in [4.69, 9.17) is 0 Å². The molecule has 6 rings (SSSR count). The number of fused-ring (bicyclic) bond motifs is 7. The fourth-order valence-electron chi connectivity index (χ4n) is 12.8. The predicted octanol–water partition coefficient (Wildman–Crippen LogP) is 7.76. The van der Waals surface area contributed by atoms with E-state index in [-0.39, 0.29) is 34.1 Å². The number of amides is 1. The zero-order valence-corrected chi connectivity index (χ0v) is 29.4. The van der Waals surface area contributed by atoms with E-state index in [2.05, 4.69) is 46.0 Å². The normalized spacial score (nSPS) is 37.1. The quantitative estimate of drug-likeness (QED) is 0.240. The molecule has 47 heavy (non-hydrogen) atoms. The van der Waals surface area contributed by atoms with Crippen molar-refractivity contribution in [3.8, 4) is 0 Å². The van der Waals surface area contributed by atoms with Crippen molar-refractivity contribution in [2.45, 2.75) is 105 Å². The van der Waals surface area contributed by atoms with Crippen LogP contribution in [0.2, 0.25) is 0 Å². The van der Waals surface area contributed by atoms with Crippen molar-refractivity contribution in [2.24, 2.45) is 51.2 Å². The summed E-state index contributed by atoms with van der Waals surface area (Å²) in [5, 5.41) is 22.0. The molecule has 4 fully saturated rings. The molecule has 3 N–H and O–H groups in total. The molecular formula is C40H58N2O5. The van der Waals surface area contributed by atoms with Gasteiger partial charge in [0.25, 0.3) is 0 Å².